The van der Waals surface area contributed by atoms with E-state index in [1.165, 1.54) is 11.1 Å². The lowest BCUT2D eigenvalue weighted by atomic mass is 10.1. The summed E-state index contributed by atoms with van der Waals surface area (Å²) in [4.78, 5) is 4.65. The lowest BCUT2D eigenvalue weighted by molar-refractivity contribution is 0.409. The van der Waals surface area contributed by atoms with E-state index in [1.54, 1.807) is 14.2 Å². The first kappa shape index (κ1) is 23.1. The molecule has 0 amide bonds. The van der Waals surface area contributed by atoms with Crippen LogP contribution in [0.15, 0.2) is 47.5 Å². The summed E-state index contributed by atoms with van der Waals surface area (Å²) in [6, 6.07) is 14.2. The zero-order valence-electron chi connectivity index (χ0n) is 16.5. The molecule has 0 saturated carbocycles. The summed E-state index contributed by atoms with van der Waals surface area (Å²) in [5.41, 5.74) is 3.58. The first-order valence-electron chi connectivity index (χ1n) is 8.95. The molecule has 0 aliphatic heterocycles. The molecule has 0 radical (unpaired) electrons. The van der Waals surface area contributed by atoms with E-state index in [-0.39, 0.29) is 24.0 Å². The van der Waals surface area contributed by atoms with Gasteiger partial charge in [-0.15, -0.1) is 24.0 Å². The van der Waals surface area contributed by atoms with Crippen molar-refractivity contribution in [3.63, 3.8) is 0 Å². The van der Waals surface area contributed by atoms with Gasteiger partial charge in [0.25, 0.3) is 0 Å². The Morgan fingerprint density at radius 3 is 2.37 bits per heavy atom. The fourth-order valence-corrected chi connectivity index (χ4v) is 2.66. The molecule has 2 aromatic rings. The second kappa shape index (κ2) is 12.4. The fraction of sp³-hybridized carbons (Fsp3) is 0.381. The molecule has 6 heteroatoms. The summed E-state index contributed by atoms with van der Waals surface area (Å²) < 4.78 is 10.6. The maximum atomic E-state index is 5.45. The summed E-state index contributed by atoms with van der Waals surface area (Å²) in [6.07, 6.45) is 0.873. The van der Waals surface area contributed by atoms with Crippen molar-refractivity contribution in [2.75, 3.05) is 27.3 Å². The van der Waals surface area contributed by atoms with Gasteiger partial charge >= 0.3 is 0 Å². The molecule has 5 nitrogen and oxygen atoms in total. The quantitative estimate of drug-likeness (QED) is 0.340. The minimum atomic E-state index is 0. The van der Waals surface area contributed by atoms with Crippen molar-refractivity contribution in [3.8, 4) is 11.5 Å². The number of aryl methyl sites for hydroxylation is 1. The van der Waals surface area contributed by atoms with Gasteiger partial charge in [0.15, 0.2) is 5.96 Å². The van der Waals surface area contributed by atoms with E-state index in [4.69, 9.17) is 9.47 Å². The Labute approximate surface area is 179 Å². The third kappa shape index (κ3) is 7.66. The molecule has 0 fully saturated rings. The van der Waals surface area contributed by atoms with Crippen molar-refractivity contribution in [2.24, 2.45) is 4.99 Å². The minimum Gasteiger partial charge on any atom is -0.497 e. The van der Waals surface area contributed by atoms with Crippen molar-refractivity contribution in [1.29, 1.82) is 0 Å². The maximum absolute atomic E-state index is 5.45. The fourth-order valence-electron chi connectivity index (χ4n) is 2.66. The van der Waals surface area contributed by atoms with E-state index in [9.17, 15) is 0 Å². The highest BCUT2D eigenvalue weighted by atomic mass is 127. The largest absolute Gasteiger partial charge is 0.497 e. The second-order valence-electron chi connectivity index (χ2n) is 6.04. The van der Waals surface area contributed by atoms with Crippen LogP contribution >= 0.6 is 24.0 Å². The molecule has 0 spiro atoms. The number of aliphatic imine (C=N–C) groups is 1. The van der Waals surface area contributed by atoms with Crippen LogP contribution in [0.4, 0.5) is 0 Å². The number of nitrogens with zero attached hydrogens (tertiary/aromatic N) is 1. The number of rotatable bonds is 8. The van der Waals surface area contributed by atoms with Crippen LogP contribution in [0.25, 0.3) is 0 Å². The molecule has 0 aliphatic rings. The molecule has 27 heavy (non-hydrogen) atoms. The van der Waals surface area contributed by atoms with Crippen LogP contribution < -0.4 is 20.1 Å². The summed E-state index contributed by atoms with van der Waals surface area (Å²) in [7, 11) is 3.38. The highest BCUT2D eigenvalue weighted by Crippen LogP contribution is 2.19. The molecule has 2 rings (SSSR count). The Morgan fingerprint density at radius 2 is 1.74 bits per heavy atom. The Balaban J connectivity index is 0.00000364. The monoisotopic (exact) mass is 483 g/mol. The molecule has 0 atom stereocenters. The average molecular weight is 483 g/mol. The van der Waals surface area contributed by atoms with E-state index in [2.05, 4.69) is 41.6 Å². The number of methoxy groups -OCH3 is 2. The molecule has 0 aliphatic carbocycles. The lowest BCUT2D eigenvalue weighted by Gasteiger charge is -2.13. The minimum absolute atomic E-state index is 0. The summed E-state index contributed by atoms with van der Waals surface area (Å²) in [5.74, 6) is 2.60. The number of nitrogens with one attached hydrogen (secondary N) is 2. The van der Waals surface area contributed by atoms with E-state index in [0.29, 0.717) is 6.54 Å². The first-order valence-corrected chi connectivity index (χ1v) is 8.95. The molecule has 2 aromatic carbocycles. The van der Waals surface area contributed by atoms with Crippen LogP contribution in [0.3, 0.4) is 0 Å². The second-order valence-corrected chi connectivity index (χ2v) is 6.04. The van der Waals surface area contributed by atoms with Crippen molar-refractivity contribution in [2.45, 2.75) is 26.8 Å². The van der Waals surface area contributed by atoms with Gasteiger partial charge in [0, 0.05) is 13.1 Å². The predicted molar refractivity (Wildman–Crippen MR) is 123 cm³/mol. The van der Waals surface area contributed by atoms with Crippen molar-refractivity contribution in [1.82, 2.24) is 10.6 Å². The highest BCUT2D eigenvalue weighted by molar-refractivity contribution is 14.0. The van der Waals surface area contributed by atoms with Crippen LogP contribution in [0.5, 0.6) is 11.5 Å². The molecule has 0 saturated heterocycles. The zero-order chi connectivity index (χ0) is 18.8. The van der Waals surface area contributed by atoms with Crippen LogP contribution in [-0.2, 0) is 13.0 Å². The Kier molecular flexibility index (Phi) is 10.6. The summed E-state index contributed by atoms with van der Waals surface area (Å²) in [6.45, 7) is 6.38. The molecule has 2 N–H and O–H groups in total. The van der Waals surface area contributed by atoms with Crippen LogP contribution in [0, 0.1) is 6.92 Å². The van der Waals surface area contributed by atoms with Gasteiger partial charge in [-0.05, 0) is 49.6 Å². The SMILES string of the molecule is CCNC(=NCc1ccc(OC)cc1)NCCc1cc(C)ccc1OC.I. The number of ether oxygens (including phenoxy) is 2. The van der Waals surface area contributed by atoms with Crippen molar-refractivity contribution >= 4 is 29.9 Å². The summed E-state index contributed by atoms with van der Waals surface area (Å²) >= 11 is 0. The zero-order valence-corrected chi connectivity index (χ0v) is 18.9. The normalized spacial score (nSPS) is 10.7. The Bertz CT molecular complexity index is 718. The van der Waals surface area contributed by atoms with Crippen LogP contribution in [-0.4, -0.2) is 33.3 Å². The number of hydrogen-bond acceptors (Lipinski definition) is 3. The van der Waals surface area contributed by atoms with E-state index >= 15 is 0 Å². The van der Waals surface area contributed by atoms with Crippen LogP contribution in [0.1, 0.15) is 23.6 Å². The van der Waals surface area contributed by atoms with Gasteiger partial charge in [-0.3, -0.25) is 0 Å². The Morgan fingerprint density at radius 1 is 1.00 bits per heavy atom. The van der Waals surface area contributed by atoms with Gasteiger partial charge in [0.05, 0.1) is 20.8 Å². The molecular weight excluding hydrogens is 453 g/mol. The Hall–Kier alpha value is -1.96. The van der Waals surface area contributed by atoms with Gasteiger partial charge in [-0.2, -0.15) is 0 Å². The molecule has 0 bridgehead atoms. The molecular formula is C21H30IN3O2. The lowest BCUT2D eigenvalue weighted by Crippen LogP contribution is -2.38. The standard InChI is InChI=1S/C21H29N3O2.HI/c1-5-22-21(24-15-17-7-9-19(25-3)10-8-17)23-13-12-18-14-16(2)6-11-20(18)26-4;/h6-11,14H,5,12-13,15H2,1-4H3,(H2,22,23,24);1H. The van der Waals surface area contributed by atoms with Crippen LogP contribution in [0.2, 0.25) is 0 Å². The van der Waals surface area contributed by atoms with Gasteiger partial charge in [0.2, 0.25) is 0 Å². The van der Waals surface area contributed by atoms with E-state index in [0.717, 1.165) is 42.5 Å². The average Bonchev–Trinajstić information content (AvgIpc) is 2.66. The maximum Gasteiger partial charge on any atom is 0.191 e. The topological polar surface area (TPSA) is 54.9 Å². The predicted octanol–water partition coefficient (Wildman–Crippen LogP) is 3.93. The van der Waals surface area contributed by atoms with Gasteiger partial charge in [-0.1, -0.05) is 29.8 Å². The van der Waals surface area contributed by atoms with E-state index < -0.39 is 0 Å². The van der Waals surface area contributed by atoms with Crippen molar-refractivity contribution in [3.05, 3.63) is 59.2 Å². The number of benzene rings is 2. The third-order valence-electron chi connectivity index (χ3n) is 4.05. The summed E-state index contributed by atoms with van der Waals surface area (Å²) in [5, 5.41) is 6.68. The third-order valence-corrected chi connectivity index (χ3v) is 4.05. The highest BCUT2D eigenvalue weighted by Gasteiger charge is 2.04. The number of halogens is 1. The van der Waals surface area contributed by atoms with E-state index in [1.807, 2.05) is 30.3 Å². The number of guanidine groups is 1. The molecule has 148 valence electrons. The molecule has 0 heterocycles. The van der Waals surface area contributed by atoms with Gasteiger partial charge < -0.3 is 20.1 Å². The van der Waals surface area contributed by atoms with Gasteiger partial charge in [-0.25, -0.2) is 4.99 Å². The van der Waals surface area contributed by atoms with Gasteiger partial charge in [0.1, 0.15) is 11.5 Å². The molecule has 0 unspecified atom stereocenters. The first-order chi connectivity index (χ1) is 12.7. The number of hydrogen-bond donors (Lipinski definition) is 2. The molecule has 0 aromatic heterocycles. The smallest absolute Gasteiger partial charge is 0.191 e. The van der Waals surface area contributed by atoms with Crippen molar-refractivity contribution < 1.29 is 9.47 Å².